The van der Waals surface area contributed by atoms with Gasteiger partial charge in [-0.25, -0.2) is 0 Å². The van der Waals surface area contributed by atoms with Crippen LogP contribution in [0.1, 0.15) is 22.3 Å². The van der Waals surface area contributed by atoms with Crippen molar-refractivity contribution in [2.75, 3.05) is 6.61 Å². The third-order valence-electron chi connectivity index (χ3n) is 3.91. The van der Waals surface area contributed by atoms with Crippen molar-refractivity contribution in [3.63, 3.8) is 0 Å². The first-order valence-electron chi connectivity index (χ1n) is 7.45. The molecule has 1 amide bonds. The maximum Gasteiger partial charge on any atom is 0.254 e. The van der Waals surface area contributed by atoms with E-state index in [9.17, 15) is 9.90 Å². The molecule has 2 aromatic carbocycles. The molecule has 2 aromatic rings. The Kier molecular flexibility index (Phi) is 4.51. The molecule has 0 bridgehead atoms. The Morgan fingerprint density at radius 3 is 2.32 bits per heavy atom. The number of benzene rings is 2. The summed E-state index contributed by atoms with van der Waals surface area (Å²) in [6, 6.07) is 18.6. The second-order valence-corrected chi connectivity index (χ2v) is 5.40. The van der Waals surface area contributed by atoms with Gasteiger partial charge in [0.15, 0.2) is 6.29 Å². The van der Waals surface area contributed by atoms with Gasteiger partial charge < -0.3 is 14.7 Å². The largest absolute Gasteiger partial charge is 0.366 e. The molecular formula is C18H19NO3. The first kappa shape index (κ1) is 14.8. The molecular weight excluding hydrogens is 278 g/mol. The third-order valence-corrected chi connectivity index (χ3v) is 3.91. The lowest BCUT2D eigenvalue weighted by Crippen LogP contribution is -2.44. The average Bonchev–Trinajstić information content (AvgIpc) is 3.00. The Balaban J connectivity index is 1.87. The van der Waals surface area contributed by atoms with Crippen molar-refractivity contribution < 1.29 is 14.6 Å². The van der Waals surface area contributed by atoms with Gasteiger partial charge in [-0.15, -0.1) is 0 Å². The fourth-order valence-electron chi connectivity index (χ4n) is 2.74. The zero-order chi connectivity index (χ0) is 15.4. The normalized spacial score (nSPS) is 20.8. The molecule has 4 heteroatoms. The van der Waals surface area contributed by atoms with E-state index in [-0.39, 0.29) is 11.9 Å². The van der Waals surface area contributed by atoms with Crippen LogP contribution in [-0.4, -0.2) is 34.9 Å². The molecule has 0 aromatic heterocycles. The lowest BCUT2D eigenvalue weighted by molar-refractivity contribution is -0.0892. The van der Waals surface area contributed by atoms with E-state index in [1.165, 1.54) is 0 Å². The van der Waals surface area contributed by atoms with Crippen LogP contribution >= 0.6 is 0 Å². The molecule has 4 nitrogen and oxygen atoms in total. The van der Waals surface area contributed by atoms with Crippen LogP contribution in [0.15, 0.2) is 60.7 Å². The van der Waals surface area contributed by atoms with Crippen LogP contribution in [0.4, 0.5) is 0 Å². The molecule has 1 aliphatic heterocycles. The fourth-order valence-corrected chi connectivity index (χ4v) is 2.74. The second kappa shape index (κ2) is 6.73. The van der Waals surface area contributed by atoms with Crippen LogP contribution in [0.5, 0.6) is 0 Å². The van der Waals surface area contributed by atoms with Crippen LogP contribution in [0, 0.1) is 0 Å². The van der Waals surface area contributed by atoms with Gasteiger partial charge in [-0.2, -0.15) is 0 Å². The predicted molar refractivity (Wildman–Crippen MR) is 83.1 cm³/mol. The van der Waals surface area contributed by atoms with Crippen molar-refractivity contribution in [2.24, 2.45) is 0 Å². The van der Waals surface area contributed by atoms with E-state index in [1.807, 2.05) is 48.5 Å². The maximum absolute atomic E-state index is 12.8. The van der Waals surface area contributed by atoms with Gasteiger partial charge in [-0.3, -0.25) is 4.79 Å². The number of aliphatic hydroxyl groups is 1. The summed E-state index contributed by atoms with van der Waals surface area (Å²) < 4.78 is 5.23. The van der Waals surface area contributed by atoms with Gasteiger partial charge in [0.2, 0.25) is 0 Å². The SMILES string of the molecule is O=C(c1ccccc1)N(Cc1ccccc1)C1CCOC1O. The number of carbonyl (C=O) groups excluding carboxylic acids is 1. The maximum atomic E-state index is 12.8. The molecule has 22 heavy (non-hydrogen) atoms. The van der Waals surface area contributed by atoms with Crippen molar-refractivity contribution in [3.05, 3.63) is 71.8 Å². The van der Waals surface area contributed by atoms with Gasteiger partial charge in [-0.1, -0.05) is 48.5 Å². The lowest BCUT2D eigenvalue weighted by Gasteiger charge is -2.30. The van der Waals surface area contributed by atoms with Crippen molar-refractivity contribution >= 4 is 5.91 Å². The molecule has 0 saturated carbocycles. The minimum atomic E-state index is -0.920. The Hall–Kier alpha value is -2.17. The number of hydrogen-bond donors (Lipinski definition) is 1. The smallest absolute Gasteiger partial charge is 0.254 e. The molecule has 114 valence electrons. The van der Waals surface area contributed by atoms with E-state index in [0.29, 0.717) is 25.1 Å². The molecule has 3 rings (SSSR count). The molecule has 2 atom stereocenters. The number of hydrogen-bond acceptors (Lipinski definition) is 3. The summed E-state index contributed by atoms with van der Waals surface area (Å²) >= 11 is 0. The van der Waals surface area contributed by atoms with Gasteiger partial charge in [0.05, 0.1) is 12.6 Å². The van der Waals surface area contributed by atoms with E-state index in [0.717, 1.165) is 5.56 Å². The molecule has 1 fully saturated rings. The van der Waals surface area contributed by atoms with Gasteiger partial charge in [0, 0.05) is 12.1 Å². The molecule has 0 aliphatic carbocycles. The van der Waals surface area contributed by atoms with Gasteiger partial charge in [-0.05, 0) is 24.1 Å². The summed E-state index contributed by atoms with van der Waals surface area (Å²) in [6.45, 7) is 0.929. The average molecular weight is 297 g/mol. The zero-order valence-electron chi connectivity index (χ0n) is 12.3. The highest BCUT2D eigenvalue weighted by molar-refractivity contribution is 5.94. The summed E-state index contributed by atoms with van der Waals surface area (Å²) in [5.74, 6) is -0.0843. The van der Waals surface area contributed by atoms with Crippen LogP contribution in [0.2, 0.25) is 0 Å². The highest BCUT2D eigenvalue weighted by Gasteiger charge is 2.34. The fraction of sp³-hybridized carbons (Fsp3) is 0.278. The standard InChI is InChI=1S/C18H19NO3/c20-17(15-9-5-2-6-10-15)19(16-11-12-22-18(16)21)13-14-7-3-1-4-8-14/h1-10,16,18,21H,11-13H2. The summed E-state index contributed by atoms with van der Waals surface area (Å²) in [6.07, 6.45) is -0.275. The first-order chi connectivity index (χ1) is 10.8. The molecule has 0 radical (unpaired) electrons. The summed E-state index contributed by atoms with van der Waals surface area (Å²) in [7, 11) is 0. The van der Waals surface area contributed by atoms with Crippen molar-refractivity contribution in [1.29, 1.82) is 0 Å². The summed E-state index contributed by atoms with van der Waals surface area (Å²) in [5, 5.41) is 10.0. The topological polar surface area (TPSA) is 49.8 Å². The minimum absolute atomic E-state index is 0.0843. The van der Waals surface area contributed by atoms with E-state index in [4.69, 9.17) is 4.74 Å². The van der Waals surface area contributed by atoms with Gasteiger partial charge in [0.1, 0.15) is 0 Å². The van der Waals surface area contributed by atoms with Gasteiger partial charge in [0.25, 0.3) is 5.91 Å². The molecule has 1 saturated heterocycles. The predicted octanol–water partition coefficient (Wildman–Crippen LogP) is 2.44. The van der Waals surface area contributed by atoms with E-state index < -0.39 is 6.29 Å². The number of ether oxygens (including phenoxy) is 1. The Bertz CT molecular complexity index is 615. The zero-order valence-corrected chi connectivity index (χ0v) is 12.3. The van der Waals surface area contributed by atoms with Crippen LogP contribution in [-0.2, 0) is 11.3 Å². The van der Waals surface area contributed by atoms with Gasteiger partial charge >= 0.3 is 0 Å². The monoisotopic (exact) mass is 297 g/mol. The number of rotatable bonds is 4. The minimum Gasteiger partial charge on any atom is -0.366 e. The highest BCUT2D eigenvalue weighted by atomic mass is 16.6. The Morgan fingerprint density at radius 1 is 1.09 bits per heavy atom. The second-order valence-electron chi connectivity index (χ2n) is 5.40. The number of nitrogens with zero attached hydrogens (tertiary/aromatic N) is 1. The van der Waals surface area contributed by atoms with Crippen LogP contribution < -0.4 is 0 Å². The summed E-state index contributed by atoms with van der Waals surface area (Å²) in [5.41, 5.74) is 1.66. The number of aliphatic hydroxyl groups excluding tert-OH is 1. The molecule has 1 N–H and O–H groups in total. The molecule has 1 aliphatic rings. The third kappa shape index (κ3) is 3.18. The van der Waals surface area contributed by atoms with Crippen LogP contribution in [0.3, 0.4) is 0 Å². The lowest BCUT2D eigenvalue weighted by atomic mass is 10.1. The van der Waals surface area contributed by atoms with E-state index in [2.05, 4.69) is 0 Å². The Morgan fingerprint density at radius 2 is 1.73 bits per heavy atom. The number of amides is 1. The Labute approximate surface area is 130 Å². The van der Waals surface area contributed by atoms with E-state index >= 15 is 0 Å². The van der Waals surface area contributed by atoms with Crippen molar-refractivity contribution in [3.8, 4) is 0 Å². The summed E-state index contributed by atoms with van der Waals surface area (Å²) in [4.78, 5) is 14.6. The van der Waals surface area contributed by atoms with Crippen molar-refractivity contribution in [2.45, 2.75) is 25.3 Å². The van der Waals surface area contributed by atoms with E-state index in [1.54, 1.807) is 17.0 Å². The highest BCUT2D eigenvalue weighted by Crippen LogP contribution is 2.22. The quantitative estimate of drug-likeness (QED) is 0.943. The first-order valence-corrected chi connectivity index (χ1v) is 7.45. The van der Waals surface area contributed by atoms with Crippen LogP contribution in [0.25, 0.3) is 0 Å². The molecule has 2 unspecified atom stereocenters. The molecule has 0 spiro atoms. The molecule has 1 heterocycles. The van der Waals surface area contributed by atoms with Crippen molar-refractivity contribution in [1.82, 2.24) is 4.90 Å². The number of carbonyl (C=O) groups is 1.